The van der Waals surface area contributed by atoms with Crippen LogP contribution in [0.25, 0.3) is 27.6 Å². The number of benzene rings is 2. The first-order valence-corrected chi connectivity index (χ1v) is 10.2. The van der Waals surface area contributed by atoms with Crippen molar-refractivity contribution in [1.29, 1.82) is 0 Å². The normalized spacial score (nSPS) is 12.5. The van der Waals surface area contributed by atoms with E-state index in [0.717, 1.165) is 0 Å². The van der Waals surface area contributed by atoms with Gasteiger partial charge in [-0.05, 0) is 48.2 Å². The van der Waals surface area contributed by atoms with E-state index in [1.165, 1.54) is 10.8 Å². The van der Waals surface area contributed by atoms with E-state index in [2.05, 4.69) is 15.0 Å². The number of hydrogen-bond acceptors (Lipinski definition) is 4. The van der Waals surface area contributed by atoms with Crippen LogP contribution in [0.5, 0.6) is 0 Å². The number of H-pyrrole nitrogens is 1. The SMILES string of the molecule is C[C@@H](c1cc2cccc(Cl)c2c(=O)n1-c1ccccc1)n1c(=O)[nH]c2cnc(Cl)nc21. The van der Waals surface area contributed by atoms with Gasteiger partial charge in [-0.2, -0.15) is 4.98 Å². The van der Waals surface area contributed by atoms with E-state index in [9.17, 15) is 9.59 Å². The maximum absolute atomic E-state index is 13.6. The number of hydrogen-bond donors (Lipinski definition) is 1. The molecule has 0 radical (unpaired) electrons. The molecular weight excluding hydrogens is 437 g/mol. The van der Waals surface area contributed by atoms with E-state index in [-0.39, 0.29) is 16.5 Å². The molecule has 7 nitrogen and oxygen atoms in total. The topological polar surface area (TPSA) is 85.6 Å². The number of para-hydroxylation sites is 1. The Labute approximate surface area is 185 Å². The lowest BCUT2D eigenvalue weighted by Crippen LogP contribution is -2.29. The molecule has 0 aliphatic heterocycles. The number of rotatable bonds is 3. The van der Waals surface area contributed by atoms with Crippen LogP contribution in [0.15, 0.2) is 70.4 Å². The Hall–Kier alpha value is -3.42. The Kier molecular flexibility index (Phi) is 4.64. The lowest BCUT2D eigenvalue weighted by Gasteiger charge is -2.21. The van der Waals surface area contributed by atoms with Crippen molar-refractivity contribution >= 4 is 45.1 Å². The van der Waals surface area contributed by atoms with Crippen LogP contribution in [-0.4, -0.2) is 24.1 Å². The minimum absolute atomic E-state index is 0.0261. The van der Waals surface area contributed by atoms with E-state index in [0.29, 0.717) is 38.3 Å². The van der Waals surface area contributed by atoms with Crippen molar-refractivity contribution in [3.63, 3.8) is 0 Å². The summed E-state index contributed by atoms with van der Waals surface area (Å²) < 4.78 is 3.04. The van der Waals surface area contributed by atoms with Gasteiger partial charge in [0, 0.05) is 11.4 Å². The summed E-state index contributed by atoms with van der Waals surface area (Å²) in [7, 11) is 0. The highest BCUT2D eigenvalue weighted by Gasteiger charge is 2.22. The number of fused-ring (bicyclic) bond motifs is 2. The maximum Gasteiger partial charge on any atom is 0.328 e. The molecule has 3 heterocycles. The summed E-state index contributed by atoms with van der Waals surface area (Å²) in [6.45, 7) is 1.83. The second-order valence-electron chi connectivity index (χ2n) is 7.10. The van der Waals surface area contributed by atoms with Crippen LogP contribution in [0.1, 0.15) is 18.7 Å². The van der Waals surface area contributed by atoms with Gasteiger partial charge in [0.1, 0.15) is 5.52 Å². The number of imidazole rings is 1. The molecule has 0 spiro atoms. The van der Waals surface area contributed by atoms with E-state index in [1.54, 1.807) is 16.7 Å². The number of aromatic amines is 1. The predicted octanol–water partition coefficient (Wildman–Crippen LogP) is 4.34. The van der Waals surface area contributed by atoms with Gasteiger partial charge >= 0.3 is 5.69 Å². The molecule has 3 aromatic heterocycles. The minimum Gasteiger partial charge on any atom is -0.303 e. The molecule has 0 bridgehead atoms. The van der Waals surface area contributed by atoms with Gasteiger partial charge in [-0.15, -0.1) is 0 Å². The predicted molar refractivity (Wildman–Crippen MR) is 122 cm³/mol. The third-order valence-corrected chi connectivity index (χ3v) is 5.78. The average Bonchev–Trinajstić information content (AvgIpc) is 3.08. The van der Waals surface area contributed by atoms with Crippen LogP contribution in [0.3, 0.4) is 0 Å². The minimum atomic E-state index is -0.552. The quantitative estimate of drug-likeness (QED) is 0.413. The molecule has 0 aliphatic carbocycles. The van der Waals surface area contributed by atoms with Gasteiger partial charge in [0.2, 0.25) is 5.28 Å². The van der Waals surface area contributed by atoms with E-state index in [1.807, 2.05) is 49.4 Å². The molecule has 9 heteroatoms. The van der Waals surface area contributed by atoms with Crippen molar-refractivity contribution in [3.05, 3.63) is 97.6 Å². The lowest BCUT2D eigenvalue weighted by atomic mass is 10.1. The van der Waals surface area contributed by atoms with Crippen LogP contribution in [-0.2, 0) is 0 Å². The zero-order valence-corrected chi connectivity index (χ0v) is 17.7. The molecule has 2 aromatic carbocycles. The lowest BCUT2D eigenvalue weighted by molar-refractivity contribution is 0.595. The van der Waals surface area contributed by atoms with Crippen LogP contribution < -0.4 is 11.2 Å². The number of nitrogens with zero attached hydrogens (tertiary/aromatic N) is 4. The van der Waals surface area contributed by atoms with E-state index < -0.39 is 6.04 Å². The van der Waals surface area contributed by atoms with Crippen molar-refractivity contribution in [2.45, 2.75) is 13.0 Å². The fourth-order valence-electron chi connectivity index (χ4n) is 3.88. The Morgan fingerprint density at radius 2 is 1.81 bits per heavy atom. The monoisotopic (exact) mass is 451 g/mol. The third-order valence-electron chi connectivity index (χ3n) is 5.28. The molecule has 0 unspecified atom stereocenters. The number of halogens is 2. The molecule has 0 amide bonds. The molecule has 0 saturated carbocycles. The average molecular weight is 452 g/mol. The molecule has 1 N–H and O–H groups in total. The van der Waals surface area contributed by atoms with Crippen molar-refractivity contribution in [1.82, 2.24) is 24.1 Å². The molecule has 5 rings (SSSR count). The molecule has 154 valence electrons. The largest absolute Gasteiger partial charge is 0.328 e. The molecule has 5 aromatic rings. The highest BCUT2D eigenvalue weighted by molar-refractivity contribution is 6.35. The third kappa shape index (κ3) is 3.13. The second-order valence-corrected chi connectivity index (χ2v) is 7.85. The van der Waals surface area contributed by atoms with E-state index >= 15 is 0 Å². The number of aromatic nitrogens is 5. The summed E-state index contributed by atoms with van der Waals surface area (Å²) in [5.74, 6) is 0. The van der Waals surface area contributed by atoms with Gasteiger partial charge in [-0.25, -0.2) is 9.78 Å². The maximum atomic E-state index is 13.6. The highest BCUT2D eigenvalue weighted by atomic mass is 35.5. The summed E-state index contributed by atoms with van der Waals surface area (Å²) in [5, 5.41) is 1.50. The Morgan fingerprint density at radius 3 is 2.58 bits per heavy atom. The number of pyridine rings is 1. The van der Waals surface area contributed by atoms with E-state index in [4.69, 9.17) is 23.2 Å². The van der Waals surface area contributed by atoms with Crippen LogP contribution >= 0.6 is 23.2 Å². The molecule has 0 saturated heterocycles. The summed E-state index contributed by atoms with van der Waals surface area (Å²) >= 11 is 12.3. The summed E-state index contributed by atoms with van der Waals surface area (Å²) in [5.41, 5.74) is 1.43. The van der Waals surface area contributed by atoms with Gasteiger partial charge in [0.25, 0.3) is 5.56 Å². The molecule has 0 aliphatic rings. The molecule has 31 heavy (non-hydrogen) atoms. The van der Waals surface area contributed by atoms with Crippen molar-refractivity contribution in [3.8, 4) is 5.69 Å². The molecular formula is C22H15Cl2N5O2. The van der Waals surface area contributed by atoms with Gasteiger partial charge in [-0.3, -0.25) is 13.9 Å². The molecule has 1 atom stereocenters. The standard InChI is InChI=1S/C22H15Cl2N5O2/c1-12(28-19-16(26-22(28)31)11-25-21(24)27-19)17-10-13-6-5-9-15(23)18(13)20(30)29(17)14-7-3-2-4-8-14/h2-12H,1H3,(H,26,31)/t12-/m0/s1. The first-order chi connectivity index (χ1) is 15.0. The van der Waals surface area contributed by atoms with Gasteiger partial charge in [0.15, 0.2) is 5.65 Å². The van der Waals surface area contributed by atoms with Crippen LogP contribution in [0.4, 0.5) is 0 Å². The van der Waals surface area contributed by atoms with Crippen LogP contribution in [0.2, 0.25) is 10.3 Å². The first-order valence-electron chi connectivity index (χ1n) is 9.48. The highest BCUT2D eigenvalue weighted by Crippen LogP contribution is 2.27. The van der Waals surface area contributed by atoms with Crippen LogP contribution in [0, 0.1) is 0 Å². The van der Waals surface area contributed by atoms with Gasteiger partial charge in [0.05, 0.1) is 22.6 Å². The van der Waals surface area contributed by atoms with Gasteiger partial charge in [-0.1, -0.05) is 41.9 Å². The zero-order chi connectivity index (χ0) is 21.7. The fraction of sp³-hybridized carbons (Fsp3) is 0.0909. The molecule has 0 fully saturated rings. The van der Waals surface area contributed by atoms with Crippen molar-refractivity contribution in [2.24, 2.45) is 0 Å². The first kappa shape index (κ1) is 19.5. The van der Waals surface area contributed by atoms with Crippen molar-refractivity contribution in [2.75, 3.05) is 0 Å². The van der Waals surface area contributed by atoms with Crippen molar-refractivity contribution < 1.29 is 0 Å². The Balaban J connectivity index is 1.87. The zero-order valence-electron chi connectivity index (χ0n) is 16.2. The Bertz CT molecular complexity index is 1570. The number of nitrogens with one attached hydrogen (secondary N) is 1. The Morgan fingerprint density at radius 1 is 1.03 bits per heavy atom. The summed E-state index contributed by atoms with van der Waals surface area (Å²) in [6.07, 6.45) is 1.46. The van der Waals surface area contributed by atoms with Gasteiger partial charge < -0.3 is 4.98 Å². The summed E-state index contributed by atoms with van der Waals surface area (Å²) in [6, 6.07) is 15.8. The second kappa shape index (κ2) is 7.37. The smallest absolute Gasteiger partial charge is 0.303 e. The summed E-state index contributed by atoms with van der Waals surface area (Å²) in [4.78, 5) is 37.3. The fourth-order valence-corrected chi connectivity index (χ4v) is 4.27.